The van der Waals surface area contributed by atoms with Gasteiger partial charge >= 0.3 is 0 Å². The molecule has 1 heterocycles. The predicted molar refractivity (Wildman–Crippen MR) is 77.9 cm³/mol. The molecule has 2 aliphatic rings. The van der Waals surface area contributed by atoms with Crippen LogP contribution in [0.25, 0.3) is 0 Å². The summed E-state index contributed by atoms with van der Waals surface area (Å²) in [6, 6.07) is 0.0307. The Bertz CT molecular complexity index is 358. The van der Waals surface area contributed by atoms with Gasteiger partial charge in [-0.1, -0.05) is 13.8 Å². The van der Waals surface area contributed by atoms with E-state index in [9.17, 15) is 9.59 Å². The molecule has 5 nitrogen and oxygen atoms in total. The van der Waals surface area contributed by atoms with Gasteiger partial charge in [-0.25, -0.2) is 0 Å². The van der Waals surface area contributed by atoms with Crippen molar-refractivity contribution in [2.45, 2.75) is 45.6 Å². The van der Waals surface area contributed by atoms with Crippen LogP contribution in [0.4, 0.5) is 0 Å². The highest BCUT2D eigenvalue weighted by Crippen LogP contribution is 2.33. The van der Waals surface area contributed by atoms with Crippen molar-refractivity contribution in [1.29, 1.82) is 0 Å². The van der Waals surface area contributed by atoms with Crippen molar-refractivity contribution in [1.82, 2.24) is 9.80 Å². The second kappa shape index (κ2) is 6.57. The number of piperazine rings is 1. The van der Waals surface area contributed by atoms with E-state index in [4.69, 9.17) is 5.73 Å². The number of rotatable bonds is 5. The lowest BCUT2D eigenvalue weighted by molar-refractivity contribution is -0.140. The Morgan fingerprint density at radius 1 is 1.00 bits per heavy atom. The Labute approximate surface area is 121 Å². The van der Waals surface area contributed by atoms with Crippen LogP contribution in [0.2, 0.25) is 0 Å². The SMILES string of the molecule is CC(C)CC(=O)N1CCN(C(=O)CC(N)C2CC2)CC1. The first-order chi connectivity index (χ1) is 9.47. The van der Waals surface area contributed by atoms with E-state index in [1.165, 1.54) is 12.8 Å². The molecule has 0 radical (unpaired) electrons. The second-order valence-electron chi connectivity index (χ2n) is 6.56. The van der Waals surface area contributed by atoms with Gasteiger partial charge in [0.2, 0.25) is 11.8 Å². The van der Waals surface area contributed by atoms with Gasteiger partial charge in [-0.3, -0.25) is 9.59 Å². The van der Waals surface area contributed by atoms with Crippen LogP contribution in [0.15, 0.2) is 0 Å². The Kier molecular flexibility index (Phi) is 5.02. The summed E-state index contributed by atoms with van der Waals surface area (Å²) in [4.78, 5) is 27.8. The number of carbonyl (C=O) groups excluding carboxylic acids is 2. The Balaban J connectivity index is 1.72. The lowest BCUT2D eigenvalue weighted by Gasteiger charge is -2.35. The molecular formula is C15H27N3O2. The van der Waals surface area contributed by atoms with E-state index in [0.29, 0.717) is 50.9 Å². The van der Waals surface area contributed by atoms with Crippen LogP contribution >= 0.6 is 0 Å². The molecule has 1 unspecified atom stereocenters. The van der Waals surface area contributed by atoms with E-state index < -0.39 is 0 Å². The summed E-state index contributed by atoms with van der Waals surface area (Å²) in [5, 5.41) is 0. The van der Waals surface area contributed by atoms with Gasteiger partial charge in [-0.05, 0) is 24.7 Å². The molecule has 0 spiro atoms. The fraction of sp³-hybridized carbons (Fsp3) is 0.867. The van der Waals surface area contributed by atoms with Crippen LogP contribution in [-0.2, 0) is 9.59 Å². The highest BCUT2D eigenvalue weighted by atomic mass is 16.2. The maximum Gasteiger partial charge on any atom is 0.224 e. The van der Waals surface area contributed by atoms with Gasteiger partial charge in [0, 0.05) is 45.1 Å². The molecule has 2 amide bonds. The molecule has 20 heavy (non-hydrogen) atoms. The van der Waals surface area contributed by atoms with E-state index in [1.54, 1.807) is 0 Å². The Morgan fingerprint density at radius 3 is 1.85 bits per heavy atom. The minimum absolute atomic E-state index is 0.0307. The van der Waals surface area contributed by atoms with Crippen LogP contribution in [0.1, 0.15) is 39.5 Å². The molecule has 2 rings (SSSR count). The van der Waals surface area contributed by atoms with Crippen LogP contribution in [0, 0.1) is 11.8 Å². The van der Waals surface area contributed by atoms with Gasteiger partial charge in [-0.2, -0.15) is 0 Å². The number of carbonyl (C=O) groups is 2. The van der Waals surface area contributed by atoms with Crippen LogP contribution < -0.4 is 5.73 Å². The zero-order valence-corrected chi connectivity index (χ0v) is 12.7. The van der Waals surface area contributed by atoms with Crippen LogP contribution in [0.5, 0.6) is 0 Å². The number of nitrogens with zero attached hydrogens (tertiary/aromatic N) is 2. The summed E-state index contributed by atoms with van der Waals surface area (Å²) in [6.45, 7) is 6.74. The van der Waals surface area contributed by atoms with Gasteiger partial charge in [0.05, 0.1) is 0 Å². The normalized spacial score (nSPS) is 21.2. The molecule has 1 saturated heterocycles. The molecule has 5 heteroatoms. The van der Waals surface area contributed by atoms with E-state index in [1.807, 2.05) is 9.80 Å². The topological polar surface area (TPSA) is 66.6 Å². The van der Waals surface area contributed by atoms with E-state index in [0.717, 1.165) is 0 Å². The number of hydrogen-bond acceptors (Lipinski definition) is 3. The van der Waals surface area contributed by atoms with Crippen molar-refractivity contribution in [2.75, 3.05) is 26.2 Å². The van der Waals surface area contributed by atoms with Crippen molar-refractivity contribution < 1.29 is 9.59 Å². The lowest BCUT2D eigenvalue weighted by atomic mass is 10.1. The molecule has 0 aromatic heterocycles. The van der Waals surface area contributed by atoms with Crippen molar-refractivity contribution in [3.05, 3.63) is 0 Å². The van der Waals surface area contributed by atoms with Crippen LogP contribution in [0.3, 0.4) is 0 Å². The first kappa shape index (κ1) is 15.3. The molecule has 0 bridgehead atoms. The van der Waals surface area contributed by atoms with E-state index in [2.05, 4.69) is 13.8 Å². The van der Waals surface area contributed by atoms with Gasteiger partial charge < -0.3 is 15.5 Å². The highest BCUT2D eigenvalue weighted by Gasteiger charge is 2.32. The van der Waals surface area contributed by atoms with E-state index in [-0.39, 0.29) is 17.9 Å². The number of nitrogens with two attached hydrogens (primary N) is 1. The first-order valence-electron chi connectivity index (χ1n) is 7.78. The fourth-order valence-corrected chi connectivity index (χ4v) is 2.71. The zero-order valence-electron chi connectivity index (χ0n) is 12.7. The van der Waals surface area contributed by atoms with Crippen molar-refractivity contribution in [2.24, 2.45) is 17.6 Å². The standard InChI is InChI=1S/C15H27N3O2/c1-11(2)9-14(19)17-5-7-18(8-6-17)15(20)10-13(16)12-3-4-12/h11-13H,3-10,16H2,1-2H3. The number of hydrogen-bond donors (Lipinski definition) is 1. The fourth-order valence-electron chi connectivity index (χ4n) is 2.71. The lowest BCUT2D eigenvalue weighted by Crippen LogP contribution is -2.51. The van der Waals surface area contributed by atoms with Crippen molar-refractivity contribution in [3.63, 3.8) is 0 Å². The highest BCUT2D eigenvalue weighted by molar-refractivity contribution is 5.79. The Morgan fingerprint density at radius 2 is 1.45 bits per heavy atom. The molecule has 2 N–H and O–H groups in total. The summed E-state index contributed by atoms with van der Waals surface area (Å²) in [6.07, 6.45) is 3.41. The largest absolute Gasteiger partial charge is 0.339 e. The summed E-state index contributed by atoms with van der Waals surface area (Å²) >= 11 is 0. The molecule has 1 aliphatic carbocycles. The molecule has 1 atom stereocenters. The Hall–Kier alpha value is -1.10. The average Bonchev–Trinajstić information content (AvgIpc) is 3.22. The van der Waals surface area contributed by atoms with Gasteiger partial charge in [0.15, 0.2) is 0 Å². The maximum atomic E-state index is 12.1. The molecule has 1 aliphatic heterocycles. The maximum absolute atomic E-state index is 12.1. The molecule has 0 aromatic rings. The van der Waals surface area contributed by atoms with Gasteiger partial charge in [-0.15, -0.1) is 0 Å². The molecular weight excluding hydrogens is 254 g/mol. The third-order valence-electron chi connectivity index (χ3n) is 4.21. The molecule has 2 fully saturated rings. The molecule has 1 saturated carbocycles. The minimum atomic E-state index is 0.0307. The molecule has 114 valence electrons. The third-order valence-corrected chi connectivity index (χ3v) is 4.21. The summed E-state index contributed by atoms with van der Waals surface area (Å²) < 4.78 is 0. The minimum Gasteiger partial charge on any atom is -0.339 e. The monoisotopic (exact) mass is 281 g/mol. The van der Waals surface area contributed by atoms with Crippen molar-refractivity contribution >= 4 is 11.8 Å². The first-order valence-corrected chi connectivity index (χ1v) is 7.78. The smallest absolute Gasteiger partial charge is 0.224 e. The summed E-state index contributed by atoms with van der Waals surface area (Å²) in [7, 11) is 0. The second-order valence-corrected chi connectivity index (χ2v) is 6.56. The zero-order chi connectivity index (χ0) is 14.7. The molecule has 0 aromatic carbocycles. The van der Waals surface area contributed by atoms with E-state index >= 15 is 0 Å². The van der Waals surface area contributed by atoms with Gasteiger partial charge in [0.25, 0.3) is 0 Å². The van der Waals surface area contributed by atoms with Gasteiger partial charge in [0.1, 0.15) is 0 Å². The predicted octanol–water partition coefficient (Wildman–Crippen LogP) is 0.831. The number of amides is 2. The van der Waals surface area contributed by atoms with Crippen molar-refractivity contribution in [3.8, 4) is 0 Å². The summed E-state index contributed by atoms with van der Waals surface area (Å²) in [5.41, 5.74) is 6.00. The quantitative estimate of drug-likeness (QED) is 0.811. The third kappa shape index (κ3) is 4.20. The average molecular weight is 281 g/mol. The summed E-state index contributed by atoms with van der Waals surface area (Å²) in [5.74, 6) is 1.31. The van der Waals surface area contributed by atoms with Crippen LogP contribution in [-0.4, -0.2) is 53.8 Å².